The zero-order valence-corrected chi connectivity index (χ0v) is 17.2. The molecule has 0 bridgehead atoms. The highest BCUT2D eigenvalue weighted by molar-refractivity contribution is 7.99. The Morgan fingerprint density at radius 2 is 1.68 bits per heavy atom. The first kappa shape index (κ1) is 19.8. The van der Waals surface area contributed by atoms with Crippen molar-refractivity contribution in [3.05, 3.63) is 65.2 Å². The molecule has 4 nitrogen and oxygen atoms in total. The maximum Gasteiger partial charge on any atom is 0.123 e. The van der Waals surface area contributed by atoms with Crippen LogP contribution in [-0.2, 0) is 19.5 Å². The van der Waals surface area contributed by atoms with Crippen molar-refractivity contribution in [2.24, 2.45) is 0 Å². The molecule has 5 heteroatoms. The smallest absolute Gasteiger partial charge is 0.123 e. The van der Waals surface area contributed by atoms with Crippen molar-refractivity contribution in [2.75, 3.05) is 44.3 Å². The number of hydrogen-bond donors (Lipinski definition) is 1. The van der Waals surface area contributed by atoms with Gasteiger partial charge >= 0.3 is 0 Å². The molecule has 1 unspecified atom stereocenters. The van der Waals surface area contributed by atoms with Crippen LogP contribution >= 0.6 is 11.8 Å². The summed E-state index contributed by atoms with van der Waals surface area (Å²) in [6.07, 6.45) is 0.574. The summed E-state index contributed by atoms with van der Waals surface area (Å²) < 4.78 is 6.04. The first-order chi connectivity index (χ1) is 13.8. The fraction of sp³-hybridized carbons (Fsp3) is 0.478. The zero-order valence-electron chi connectivity index (χ0n) is 16.4. The van der Waals surface area contributed by atoms with Gasteiger partial charge < -0.3 is 9.84 Å². The predicted molar refractivity (Wildman–Crippen MR) is 116 cm³/mol. The number of benzene rings is 2. The highest BCUT2D eigenvalue weighted by Crippen LogP contribution is 2.22. The van der Waals surface area contributed by atoms with Gasteiger partial charge in [0, 0.05) is 56.3 Å². The zero-order chi connectivity index (χ0) is 19.2. The van der Waals surface area contributed by atoms with E-state index in [9.17, 15) is 5.11 Å². The number of aliphatic hydroxyl groups excluding tert-OH is 1. The maximum absolute atomic E-state index is 10.5. The molecule has 0 amide bonds. The van der Waals surface area contributed by atoms with Crippen LogP contribution in [0.2, 0.25) is 0 Å². The van der Waals surface area contributed by atoms with Gasteiger partial charge in [-0.15, -0.1) is 0 Å². The van der Waals surface area contributed by atoms with E-state index in [1.807, 2.05) is 23.9 Å². The second-order valence-electron chi connectivity index (χ2n) is 7.71. The molecule has 0 spiro atoms. The van der Waals surface area contributed by atoms with Crippen LogP contribution in [0.25, 0.3) is 0 Å². The molecule has 0 radical (unpaired) electrons. The van der Waals surface area contributed by atoms with Gasteiger partial charge in [-0.2, -0.15) is 11.8 Å². The van der Waals surface area contributed by atoms with Crippen molar-refractivity contribution in [1.29, 1.82) is 0 Å². The standard InChI is InChI=1S/C23H30N2O2S/c26-22(17-25-10-9-19-5-1-2-6-20(19)15-25)18-27-23-8-4-3-7-21(23)16-24-11-13-28-14-12-24/h1-8,22,26H,9-18H2. The number of nitrogens with zero attached hydrogens (tertiary/aromatic N) is 2. The van der Waals surface area contributed by atoms with E-state index in [2.05, 4.69) is 46.2 Å². The minimum Gasteiger partial charge on any atom is -0.491 e. The molecule has 28 heavy (non-hydrogen) atoms. The Balaban J connectivity index is 1.28. The van der Waals surface area contributed by atoms with Crippen molar-refractivity contribution in [3.8, 4) is 5.75 Å². The topological polar surface area (TPSA) is 35.9 Å². The number of ether oxygens (including phenoxy) is 1. The summed E-state index contributed by atoms with van der Waals surface area (Å²) in [6.45, 7) is 6.10. The van der Waals surface area contributed by atoms with Gasteiger partial charge in [-0.25, -0.2) is 0 Å². The van der Waals surface area contributed by atoms with Crippen LogP contribution in [0.5, 0.6) is 5.75 Å². The van der Waals surface area contributed by atoms with Gasteiger partial charge in [0.25, 0.3) is 0 Å². The molecule has 1 saturated heterocycles. The van der Waals surface area contributed by atoms with Crippen LogP contribution in [0.4, 0.5) is 0 Å². The van der Waals surface area contributed by atoms with Crippen molar-refractivity contribution < 1.29 is 9.84 Å². The average Bonchev–Trinajstić information content (AvgIpc) is 2.74. The lowest BCUT2D eigenvalue weighted by molar-refractivity contribution is 0.0632. The molecule has 2 aromatic carbocycles. The summed E-state index contributed by atoms with van der Waals surface area (Å²) in [5.41, 5.74) is 4.04. The number of hydrogen-bond acceptors (Lipinski definition) is 5. The Bertz CT molecular complexity index is 764. The predicted octanol–water partition coefficient (Wildman–Crippen LogP) is 3.03. The van der Waals surface area contributed by atoms with Gasteiger partial charge in [0.1, 0.15) is 18.5 Å². The molecule has 1 atom stereocenters. The molecule has 2 aromatic rings. The summed E-state index contributed by atoms with van der Waals surface area (Å²) in [5, 5.41) is 10.5. The molecule has 0 aromatic heterocycles. The Morgan fingerprint density at radius 1 is 0.929 bits per heavy atom. The number of fused-ring (bicyclic) bond motifs is 1. The van der Waals surface area contributed by atoms with Crippen molar-refractivity contribution >= 4 is 11.8 Å². The van der Waals surface area contributed by atoms with Crippen LogP contribution in [0.15, 0.2) is 48.5 Å². The number of β-amino-alcohol motifs (C(OH)–C–C–N with tert-alkyl or cyclic N) is 1. The van der Waals surface area contributed by atoms with Crippen LogP contribution < -0.4 is 4.74 Å². The van der Waals surface area contributed by atoms with E-state index in [0.717, 1.165) is 44.9 Å². The van der Waals surface area contributed by atoms with E-state index in [1.165, 1.54) is 28.2 Å². The van der Waals surface area contributed by atoms with Crippen molar-refractivity contribution in [1.82, 2.24) is 9.80 Å². The Hall–Kier alpha value is -1.53. The monoisotopic (exact) mass is 398 g/mol. The lowest BCUT2D eigenvalue weighted by Crippen LogP contribution is -2.38. The Kier molecular flexibility index (Phi) is 6.91. The molecule has 150 valence electrons. The van der Waals surface area contributed by atoms with Gasteiger partial charge in [-0.05, 0) is 23.6 Å². The summed E-state index contributed by atoms with van der Waals surface area (Å²) in [7, 11) is 0. The van der Waals surface area contributed by atoms with E-state index in [4.69, 9.17) is 4.74 Å². The number of para-hydroxylation sites is 1. The molecule has 2 heterocycles. The third-order valence-corrected chi connectivity index (χ3v) is 6.52. The van der Waals surface area contributed by atoms with Crippen LogP contribution in [0, 0.1) is 0 Å². The maximum atomic E-state index is 10.5. The van der Waals surface area contributed by atoms with Gasteiger partial charge in [0.15, 0.2) is 0 Å². The SMILES string of the molecule is OC(COc1ccccc1CN1CCSCC1)CN1CCc2ccccc2C1. The fourth-order valence-corrected chi connectivity index (χ4v) is 5.00. The van der Waals surface area contributed by atoms with Gasteiger partial charge in [-0.1, -0.05) is 42.5 Å². The second-order valence-corrected chi connectivity index (χ2v) is 8.94. The Morgan fingerprint density at radius 3 is 2.54 bits per heavy atom. The number of aliphatic hydroxyl groups is 1. The van der Waals surface area contributed by atoms with Gasteiger partial charge in [-0.3, -0.25) is 9.80 Å². The third kappa shape index (κ3) is 5.29. The number of thioether (sulfide) groups is 1. The highest BCUT2D eigenvalue weighted by atomic mass is 32.2. The van der Waals surface area contributed by atoms with Crippen LogP contribution in [-0.4, -0.2) is 65.3 Å². The molecule has 2 aliphatic rings. The molecular weight excluding hydrogens is 368 g/mol. The Labute approximate surface area is 172 Å². The first-order valence-electron chi connectivity index (χ1n) is 10.3. The first-order valence-corrected chi connectivity index (χ1v) is 11.4. The minimum atomic E-state index is -0.482. The third-order valence-electron chi connectivity index (χ3n) is 5.58. The second kappa shape index (κ2) is 9.79. The van der Waals surface area contributed by atoms with E-state index in [-0.39, 0.29) is 0 Å². The van der Waals surface area contributed by atoms with Gasteiger partial charge in [0.05, 0.1) is 0 Å². The van der Waals surface area contributed by atoms with E-state index >= 15 is 0 Å². The normalized spacial score (nSPS) is 19.2. The van der Waals surface area contributed by atoms with E-state index in [1.54, 1.807) is 0 Å². The average molecular weight is 399 g/mol. The fourth-order valence-electron chi connectivity index (χ4n) is 4.02. The van der Waals surface area contributed by atoms with E-state index in [0.29, 0.717) is 13.2 Å². The van der Waals surface area contributed by atoms with Crippen molar-refractivity contribution in [2.45, 2.75) is 25.6 Å². The molecule has 0 saturated carbocycles. The summed E-state index contributed by atoms with van der Waals surface area (Å²) >= 11 is 2.03. The molecule has 1 fully saturated rings. The van der Waals surface area contributed by atoms with E-state index < -0.39 is 6.10 Å². The molecule has 0 aliphatic carbocycles. The molecular formula is C23H30N2O2S. The lowest BCUT2D eigenvalue weighted by atomic mass is 10.00. The minimum absolute atomic E-state index is 0.338. The largest absolute Gasteiger partial charge is 0.491 e. The molecule has 2 aliphatic heterocycles. The number of rotatable bonds is 7. The summed E-state index contributed by atoms with van der Waals surface area (Å²) in [4.78, 5) is 4.81. The summed E-state index contributed by atoms with van der Waals surface area (Å²) in [5.74, 6) is 3.32. The lowest BCUT2D eigenvalue weighted by Gasteiger charge is -2.30. The highest BCUT2D eigenvalue weighted by Gasteiger charge is 2.19. The van der Waals surface area contributed by atoms with Crippen molar-refractivity contribution in [3.63, 3.8) is 0 Å². The van der Waals surface area contributed by atoms with Crippen LogP contribution in [0.1, 0.15) is 16.7 Å². The van der Waals surface area contributed by atoms with Crippen LogP contribution in [0.3, 0.4) is 0 Å². The summed E-state index contributed by atoms with van der Waals surface area (Å²) in [6, 6.07) is 16.9. The van der Waals surface area contributed by atoms with Gasteiger partial charge in [0.2, 0.25) is 0 Å². The quantitative estimate of drug-likeness (QED) is 0.776. The molecule has 4 rings (SSSR count). The molecule has 1 N–H and O–H groups in total.